The number of nitrogens with zero attached hydrogens (tertiary/aromatic N) is 1. The van der Waals surface area contributed by atoms with Crippen LogP contribution >= 0.6 is 0 Å². The first-order valence-corrected chi connectivity index (χ1v) is 9.26. The molecule has 0 saturated heterocycles. The van der Waals surface area contributed by atoms with Crippen molar-refractivity contribution in [2.45, 2.75) is 12.1 Å². The molecule has 0 bridgehead atoms. The molecule has 2 aromatic carbocycles. The van der Waals surface area contributed by atoms with Crippen molar-refractivity contribution < 1.29 is 35.7 Å². The molecule has 0 aliphatic carbocycles. The molecule has 0 heterocycles. The third-order valence-corrected chi connectivity index (χ3v) is 3.93. The molecule has 2 rings (SSSR count). The van der Waals surface area contributed by atoms with Gasteiger partial charge >= 0.3 is 5.51 Å². The van der Waals surface area contributed by atoms with Gasteiger partial charge in [-0.05, 0) is 17.7 Å². The summed E-state index contributed by atoms with van der Waals surface area (Å²) in [5.41, 5.74) is -2.86. The Balaban J connectivity index is 0.000000416. The van der Waals surface area contributed by atoms with Crippen molar-refractivity contribution in [3.63, 3.8) is 0 Å². The molecule has 154 valence electrons. The highest BCUT2D eigenvalue weighted by atomic mass is 32.2. The summed E-state index contributed by atoms with van der Waals surface area (Å²) in [4.78, 5) is 10.9. The minimum Gasteiger partial charge on any atom is -0.741 e. The maximum atomic E-state index is 10.9. The molecule has 0 saturated carbocycles. The van der Waals surface area contributed by atoms with Crippen molar-refractivity contribution in [1.29, 1.82) is 0 Å². The number of carbonyl (C=O) groups is 1. The van der Waals surface area contributed by atoms with Gasteiger partial charge in [0, 0.05) is 11.6 Å². The van der Waals surface area contributed by atoms with Gasteiger partial charge in [0.15, 0.2) is 21.6 Å². The Kier molecular flexibility index (Phi) is 7.74. The lowest BCUT2D eigenvalue weighted by atomic mass is 10.1. The highest BCUT2D eigenvalue weighted by molar-refractivity contribution is 7.86. The number of benzene rings is 2. The Morgan fingerprint density at radius 1 is 1.07 bits per heavy atom. The van der Waals surface area contributed by atoms with Gasteiger partial charge in [0.05, 0.1) is 21.1 Å². The lowest BCUT2D eigenvalue weighted by molar-refractivity contribution is -0.0517. The van der Waals surface area contributed by atoms with Gasteiger partial charge < -0.3 is 9.29 Å². The minimum absolute atomic E-state index is 0.496. The molecule has 0 atom stereocenters. The van der Waals surface area contributed by atoms with Crippen molar-refractivity contribution in [2.24, 2.45) is 0 Å². The van der Waals surface area contributed by atoms with E-state index in [1.54, 1.807) is 6.07 Å². The van der Waals surface area contributed by atoms with E-state index >= 15 is 0 Å². The average molecular weight is 419 g/mol. The maximum absolute atomic E-state index is 10.9. The van der Waals surface area contributed by atoms with Crippen LogP contribution < -0.4 is 9.22 Å². The number of rotatable bonds is 5. The Labute approximate surface area is 161 Å². The van der Waals surface area contributed by atoms with Gasteiger partial charge in [-0.25, -0.2) is 8.42 Å². The smallest absolute Gasteiger partial charge is 0.485 e. The second kappa shape index (κ2) is 9.18. The first kappa shape index (κ1) is 23.6. The molecule has 10 heteroatoms. The Morgan fingerprint density at radius 2 is 1.61 bits per heavy atom. The van der Waals surface area contributed by atoms with Crippen LogP contribution in [0.4, 0.5) is 18.9 Å². The number of alkyl halides is 3. The van der Waals surface area contributed by atoms with Crippen LogP contribution in [0.3, 0.4) is 0 Å². The molecule has 0 radical (unpaired) electrons. The topological polar surface area (TPSA) is 83.5 Å². The summed E-state index contributed by atoms with van der Waals surface area (Å²) in [5.74, 6) is 0.756. The molecule has 6 nitrogen and oxygen atoms in total. The molecule has 28 heavy (non-hydrogen) atoms. The van der Waals surface area contributed by atoms with Crippen molar-refractivity contribution >= 4 is 22.1 Å². The average Bonchev–Trinajstić information content (AvgIpc) is 2.58. The highest BCUT2D eigenvalue weighted by Gasteiger charge is 2.36. The number of quaternary nitrogens is 1. The van der Waals surface area contributed by atoms with Gasteiger partial charge in [0.2, 0.25) is 0 Å². The third-order valence-electron chi connectivity index (χ3n) is 3.36. The number of ether oxygens (including phenoxy) is 1. The molecule has 0 unspecified atom stereocenters. The minimum atomic E-state index is -6.09. The molecule has 0 spiro atoms. The molecular weight excluding hydrogens is 399 g/mol. The van der Waals surface area contributed by atoms with E-state index in [1.807, 2.05) is 42.5 Å². The SMILES string of the molecule is C[N+](C)(C)c1ccc(C=O)cc1OCc1ccccc1.O=S(=O)([O-])C(F)(F)F. The van der Waals surface area contributed by atoms with Gasteiger partial charge in [-0.3, -0.25) is 9.28 Å². The van der Waals surface area contributed by atoms with Crippen LogP contribution in [0.5, 0.6) is 5.75 Å². The number of hydrogen-bond acceptors (Lipinski definition) is 5. The van der Waals surface area contributed by atoms with E-state index in [0.29, 0.717) is 16.7 Å². The fourth-order valence-electron chi connectivity index (χ4n) is 2.01. The summed E-state index contributed by atoms with van der Waals surface area (Å²) in [6.07, 6.45) is 0.842. The first-order chi connectivity index (χ1) is 12.8. The molecule has 0 amide bonds. The fraction of sp³-hybridized carbons (Fsp3) is 0.278. The molecule has 2 aromatic rings. The van der Waals surface area contributed by atoms with Crippen LogP contribution in [0.2, 0.25) is 0 Å². The molecule has 0 N–H and O–H groups in total. The highest BCUT2D eigenvalue weighted by Crippen LogP contribution is 2.31. The normalized spacial score (nSPS) is 12.0. The van der Waals surface area contributed by atoms with E-state index in [1.165, 1.54) is 0 Å². The maximum Gasteiger partial charge on any atom is 0.485 e. The first-order valence-electron chi connectivity index (χ1n) is 7.86. The number of hydrogen-bond donors (Lipinski definition) is 0. The molecule has 0 aromatic heterocycles. The summed E-state index contributed by atoms with van der Waals surface area (Å²) in [7, 11) is 0.134. The molecule has 0 aliphatic heterocycles. The summed E-state index contributed by atoms with van der Waals surface area (Å²) in [6, 6.07) is 15.6. The summed E-state index contributed by atoms with van der Waals surface area (Å²) in [6.45, 7) is 0.496. The fourth-order valence-corrected chi connectivity index (χ4v) is 2.01. The zero-order chi connectivity index (χ0) is 21.6. The monoisotopic (exact) mass is 419 g/mol. The van der Waals surface area contributed by atoms with E-state index < -0.39 is 15.6 Å². The van der Waals surface area contributed by atoms with Crippen LogP contribution in [0.25, 0.3) is 0 Å². The number of aldehydes is 1. The van der Waals surface area contributed by atoms with Gasteiger partial charge in [-0.1, -0.05) is 30.3 Å². The van der Waals surface area contributed by atoms with Crippen LogP contribution in [-0.2, 0) is 16.7 Å². The molecule has 0 fully saturated rings. The Morgan fingerprint density at radius 3 is 2.04 bits per heavy atom. The molecule has 0 aliphatic rings. The van der Waals surface area contributed by atoms with Crippen molar-refractivity contribution in [3.8, 4) is 5.75 Å². The predicted molar refractivity (Wildman–Crippen MR) is 97.9 cm³/mol. The van der Waals surface area contributed by atoms with Crippen LogP contribution in [0.1, 0.15) is 15.9 Å². The van der Waals surface area contributed by atoms with Crippen LogP contribution in [0.15, 0.2) is 48.5 Å². The Bertz CT molecular complexity index is 892. The zero-order valence-corrected chi connectivity index (χ0v) is 16.3. The van der Waals surface area contributed by atoms with Crippen molar-refractivity contribution in [1.82, 2.24) is 4.48 Å². The quantitative estimate of drug-likeness (QED) is 0.321. The lowest BCUT2D eigenvalue weighted by Gasteiger charge is -2.25. The van der Waals surface area contributed by atoms with E-state index in [0.717, 1.165) is 23.3 Å². The largest absolute Gasteiger partial charge is 0.741 e. The van der Waals surface area contributed by atoms with E-state index in [2.05, 4.69) is 21.1 Å². The van der Waals surface area contributed by atoms with Gasteiger partial charge in [0.1, 0.15) is 12.9 Å². The van der Waals surface area contributed by atoms with Gasteiger partial charge in [-0.2, -0.15) is 13.2 Å². The van der Waals surface area contributed by atoms with Gasteiger partial charge in [0.25, 0.3) is 0 Å². The van der Waals surface area contributed by atoms with E-state index in [-0.39, 0.29) is 0 Å². The van der Waals surface area contributed by atoms with Crippen LogP contribution in [-0.4, -0.2) is 45.9 Å². The Hall–Kier alpha value is -2.43. The van der Waals surface area contributed by atoms with Crippen LogP contribution in [0, 0.1) is 0 Å². The van der Waals surface area contributed by atoms with E-state index in [4.69, 9.17) is 17.7 Å². The number of halogens is 3. The second-order valence-electron chi connectivity index (χ2n) is 6.53. The summed E-state index contributed by atoms with van der Waals surface area (Å²) >= 11 is 0. The van der Waals surface area contributed by atoms with Crippen molar-refractivity contribution in [2.75, 3.05) is 21.1 Å². The lowest BCUT2D eigenvalue weighted by Crippen LogP contribution is -2.35. The second-order valence-corrected chi connectivity index (χ2v) is 7.90. The van der Waals surface area contributed by atoms with Crippen molar-refractivity contribution in [3.05, 3.63) is 59.7 Å². The standard InChI is InChI=1S/C17H20NO2.CHF3O3S/c1-18(2,3)16-10-9-15(12-19)11-17(16)20-13-14-7-5-4-6-8-14;2-1(3,4)8(5,6)7/h4-12H,13H2,1-3H3;(H,5,6,7)/q+1;/p-1. The van der Waals surface area contributed by atoms with E-state index in [9.17, 15) is 18.0 Å². The predicted octanol–water partition coefficient (Wildman–Crippen LogP) is 3.33. The number of carbonyl (C=O) groups excluding carboxylic acids is 1. The summed E-state index contributed by atoms with van der Waals surface area (Å²) in [5, 5.41) is 0. The molecular formula is C18H20F3NO5S. The summed E-state index contributed by atoms with van der Waals surface area (Å²) < 4.78 is 65.5. The third kappa shape index (κ3) is 7.29. The van der Waals surface area contributed by atoms with Gasteiger partial charge in [-0.15, -0.1) is 0 Å². The zero-order valence-electron chi connectivity index (χ0n) is 15.4.